The average Bonchev–Trinajstić information content (AvgIpc) is 2.46. The Balaban J connectivity index is 2.24. The van der Waals surface area contributed by atoms with Crippen molar-refractivity contribution in [2.45, 2.75) is 10.2 Å². The van der Waals surface area contributed by atoms with E-state index >= 15 is 0 Å². The predicted octanol–water partition coefficient (Wildman–Crippen LogP) is 3.24. The van der Waals surface area contributed by atoms with Crippen LogP contribution in [0, 0.1) is 0 Å². The molecular weight excluding hydrogens is 354 g/mol. The van der Waals surface area contributed by atoms with Gasteiger partial charge in [0, 0.05) is 22.8 Å². The second kappa shape index (κ2) is 6.41. The molecule has 2 rings (SSSR count). The monoisotopic (exact) mass is 367 g/mol. The third kappa shape index (κ3) is 4.15. The molecule has 0 bridgehead atoms. The number of hydrogen-bond acceptors (Lipinski definition) is 3. The Morgan fingerprint density at radius 3 is 2.52 bits per heavy atom. The topological polar surface area (TPSA) is 63.2 Å². The molecule has 0 saturated heterocycles. The zero-order valence-electron chi connectivity index (χ0n) is 11.3. The summed E-state index contributed by atoms with van der Waals surface area (Å²) < 4.78 is 23.0. The molecule has 0 heterocycles. The van der Waals surface area contributed by atoms with Gasteiger partial charge in [-0.25, -0.2) is 8.42 Å². The summed E-state index contributed by atoms with van der Waals surface area (Å²) in [5.41, 5.74) is 2.02. The molecule has 0 atom stereocenters. The first-order valence-corrected chi connectivity index (χ1v) is 9.18. The molecule has 2 aromatic carbocycles. The number of halogens is 1. The molecule has 0 aromatic heterocycles. The normalized spacial score (nSPS) is 11.1. The molecule has 0 fully saturated rings. The zero-order valence-corrected chi connectivity index (χ0v) is 13.7. The Bertz CT molecular complexity index is 772. The molecular formula is C15H14BrNO3S. The van der Waals surface area contributed by atoms with Gasteiger partial charge in [-0.2, -0.15) is 0 Å². The van der Waals surface area contributed by atoms with Gasteiger partial charge in [-0.3, -0.25) is 4.79 Å². The number of hydrogen-bond donors (Lipinski definition) is 1. The Labute approximate surface area is 132 Å². The molecule has 0 unspecified atom stereocenters. The average molecular weight is 368 g/mol. The van der Waals surface area contributed by atoms with Crippen LogP contribution in [0.3, 0.4) is 0 Å². The molecule has 1 N–H and O–H groups in total. The van der Waals surface area contributed by atoms with Crippen LogP contribution in [0.4, 0.5) is 5.69 Å². The van der Waals surface area contributed by atoms with Crippen LogP contribution >= 0.6 is 15.9 Å². The van der Waals surface area contributed by atoms with Gasteiger partial charge < -0.3 is 5.32 Å². The molecule has 110 valence electrons. The molecule has 0 radical (unpaired) electrons. The van der Waals surface area contributed by atoms with E-state index in [1.54, 1.807) is 18.2 Å². The summed E-state index contributed by atoms with van der Waals surface area (Å²) in [5.74, 6) is -0.341. The molecule has 6 heteroatoms. The van der Waals surface area contributed by atoms with Crippen molar-refractivity contribution in [3.63, 3.8) is 0 Å². The van der Waals surface area contributed by atoms with Crippen LogP contribution in [-0.4, -0.2) is 20.6 Å². The number of anilines is 1. The van der Waals surface area contributed by atoms with Crippen LogP contribution in [0.15, 0.2) is 53.4 Å². The predicted molar refractivity (Wildman–Crippen MR) is 86.6 cm³/mol. The molecule has 21 heavy (non-hydrogen) atoms. The number of sulfone groups is 1. The highest BCUT2D eigenvalue weighted by Crippen LogP contribution is 2.16. The fourth-order valence-electron chi connectivity index (χ4n) is 1.80. The highest BCUT2D eigenvalue weighted by Gasteiger charge is 2.11. The summed E-state index contributed by atoms with van der Waals surface area (Å²) >= 11 is 3.35. The third-order valence-electron chi connectivity index (χ3n) is 2.86. The maximum absolute atomic E-state index is 12.2. The van der Waals surface area contributed by atoms with Crippen LogP contribution in [0.5, 0.6) is 0 Å². The van der Waals surface area contributed by atoms with Crippen molar-refractivity contribution >= 4 is 37.4 Å². The number of carbonyl (C=O) groups is 1. The summed E-state index contributed by atoms with van der Waals surface area (Å²) in [6.45, 7) is 0. The first-order chi connectivity index (χ1) is 9.90. The van der Waals surface area contributed by atoms with Gasteiger partial charge in [0.05, 0.1) is 4.90 Å². The van der Waals surface area contributed by atoms with E-state index in [1.165, 1.54) is 12.1 Å². The lowest BCUT2D eigenvalue weighted by molar-refractivity contribution is 0.102. The van der Waals surface area contributed by atoms with Gasteiger partial charge in [-0.05, 0) is 35.9 Å². The summed E-state index contributed by atoms with van der Waals surface area (Å²) in [4.78, 5) is 12.3. The van der Waals surface area contributed by atoms with Crippen molar-refractivity contribution in [3.05, 3.63) is 59.7 Å². The summed E-state index contributed by atoms with van der Waals surface area (Å²) in [7, 11) is -3.33. The Kier molecular flexibility index (Phi) is 4.80. The molecule has 1 amide bonds. The lowest BCUT2D eigenvalue weighted by Gasteiger charge is -2.07. The van der Waals surface area contributed by atoms with Gasteiger partial charge in [-0.1, -0.05) is 34.1 Å². The Morgan fingerprint density at radius 2 is 1.86 bits per heavy atom. The number of nitrogens with one attached hydrogen (secondary N) is 1. The van der Waals surface area contributed by atoms with E-state index in [-0.39, 0.29) is 10.8 Å². The molecule has 0 saturated carbocycles. The first kappa shape index (κ1) is 15.7. The van der Waals surface area contributed by atoms with E-state index in [0.717, 1.165) is 11.8 Å². The van der Waals surface area contributed by atoms with Gasteiger partial charge in [-0.15, -0.1) is 0 Å². The van der Waals surface area contributed by atoms with Crippen LogP contribution in [0.2, 0.25) is 0 Å². The highest BCUT2D eigenvalue weighted by molar-refractivity contribution is 9.08. The second-order valence-corrected chi connectivity index (χ2v) is 7.16. The largest absolute Gasteiger partial charge is 0.322 e. The van der Waals surface area contributed by atoms with E-state index in [2.05, 4.69) is 21.2 Å². The number of carbonyl (C=O) groups excluding carboxylic acids is 1. The van der Waals surface area contributed by atoms with Crippen LogP contribution in [-0.2, 0) is 15.2 Å². The van der Waals surface area contributed by atoms with Gasteiger partial charge in [0.25, 0.3) is 5.91 Å². The van der Waals surface area contributed by atoms with Crippen molar-refractivity contribution in [2.24, 2.45) is 0 Å². The minimum Gasteiger partial charge on any atom is -0.322 e. The summed E-state index contributed by atoms with van der Waals surface area (Å²) in [5, 5.41) is 3.45. The van der Waals surface area contributed by atoms with E-state index in [1.807, 2.05) is 18.2 Å². The highest BCUT2D eigenvalue weighted by atomic mass is 79.9. The number of alkyl halides is 1. The lowest BCUT2D eigenvalue weighted by atomic mass is 10.2. The van der Waals surface area contributed by atoms with E-state index in [9.17, 15) is 13.2 Å². The van der Waals surface area contributed by atoms with Crippen molar-refractivity contribution < 1.29 is 13.2 Å². The summed E-state index contributed by atoms with van der Waals surface area (Å²) in [6, 6.07) is 13.4. The standard InChI is InChI=1S/C15H14BrNO3S/c1-21(19,20)14-7-3-5-12(9-14)15(18)17-13-6-2-4-11(8-13)10-16/h2-9H,10H2,1H3,(H,17,18). The molecule has 2 aromatic rings. The van der Waals surface area contributed by atoms with E-state index in [0.29, 0.717) is 16.6 Å². The maximum atomic E-state index is 12.2. The second-order valence-electron chi connectivity index (χ2n) is 4.59. The fourth-order valence-corrected chi connectivity index (χ4v) is 2.82. The lowest BCUT2D eigenvalue weighted by Crippen LogP contribution is -2.12. The third-order valence-corrected chi connectivity index (χ3v) is 4.62. The van der Waals surface area contributed by atoms with Crippen molar-refractivity contribution in [1.29, 1.82) is 0 Å². The van der Waals surface area contributed by atoms with Gasteiger partial charge >= 0.3 is 0 Å². The first-order valence-electron chi connectivity index (χ1n) is 6.16. The van der Waals surface area contributed by atoms with Crippen molar-refractivity contribution in [3.8, 4) is 0 Å². The SMILES string of the molecule is CS(=O)(=O)c1cccc(C(=O)Nc2cccc(CBr)c2)c1. The fraction of sp³-hybridized carbons (Fsp3) is 0.133. The number of rotatable bonds is 4. The van der Waals surface area contributed by atoms with E-state index in [4.69, 9.17) is 0 Å². The number of benzene rings is 2. The smallest absolute Gasteiger partial charge is 0.255 e. The van der Waals surface area contributed by atoms with Crippen LogP contribution in [0.25, 0.3) is 0 Å². The maximum Gasteiger partial charge on any atom is 0.255 e. The van der Waals surface area contributed by atoms with E-state index < -0.39 is 9.84 Å². The van der Waals surface area contributed by atoms with Gasteiger partial charge in [0.2, 0.25) is 0 Å². The minimum absolute atomic E-state index is 0.129. The van der Waals surface area contributed by atoms with Gasteiger partial charge in [0.1, 0.15) is 0 Å². The molecule has 4 nitrogen and oxygen atoms in total. The van der Waals surface area contributed by atoms with Crippen LogP contribution in [0.1, 0.15) is 15.9 Å². The van der Waals surface area contributed by atoms with Crippen LogP contribution < -0.4 is 5.32 Å². The molecule has 0 aliphatic heterocycles. The molecule has 0 aliphatic carbocycles. The zero-order chi connectivity index (χ0) is 15.5. The van der Waals surface area contributed by atoms with Gasteiger partial charge in [0.15, 0.2) is 9.84 Å². The van der Waals surface area contributed by atoms with Crippen molar-refractivity contribution in [1.82, 2.24) is 0 Å². The Morgan fingerprint density at radius 1 is 1.14 bits per heavy atom. The Hall–Kier alpha value is -1.66. The summed E-state index contributed by atoms with van der Waals surface area (Å²) in [6.07, 6.45) is 1.11. The molecule has 0 aliphatic rings. The minimum atomic E-state index is -3.33. The molecule has 0 spiro atoms. The quantitative estimate of drug-likeness (QED) is 0.843. The number of amides is 1. The van der Waals surface area contributed by atoms with Crippen molar-refractivity contribution in [2.75, 3.05) is 11.6 Å².